The van der Waals surface area contributed by atoms with Crippen LogP contribution in [-0.2, 0) is 16.0 Å². The zero-order valence-corrected chi connectivity index (χ0v) is 18.7. The third kappa shape index (κ3) is 5.02. The topological polar surface area (TPSA) is 57.7 Å². The van der Waals surface area contributed by atoms with E-state index in [9.17, 15) is 18.0 Å². The molecule has 32 heavy (non-hydrogen) atoms. The number of fused-ring (bicyclic) bond motifs is 1. The fourth-order valence-corrected chi connectivity index (χ4v) is 3.72. The zero-order valence-electron chi connectivity index (χ0n) is 17.2. The van der Waals surface area contributed by atoms with E-state index in [4.69, 9.17) is 27.9 Å². The zero-order chi connectivity index (χ0) is 23.6. The fraction of sp³-hybridized carbons (Fsp3) is 0.273. The molecule has 0 aliphatic rings. The third-order valence-corrected chi connectivity index (χ3v) is 5.40. The van der Waals surface area contributed by atoms with E-state index in [1.807, 2.05) is 0 Å². The average Bonchev–Trinajstić information content (AvgIpc) is 2.73. The first-order chi connectivity index (χ1) is 15.1. The maximum Gasteiger partial charge on any atom is 0.388 e. The van der Waals surface area contributed by atoms with Gasteiger partial charge in [0.05, 0.1) is 7.11 Å². The van der Waals surface area contributed by atoms with Crippen molar-refractivity contribution >= 4 is 40.1 Å². The number of ether oxygens (including phenoxy) is 3. The van der Waals surface area contributed by atoms with Crippen LogP contribution in [0.2, 0.25) is 10.0 Å². The van der Waals surface area contributed by atoms with Gasteiger partial charge in [-0.3, -0.25) is 0 Å². The molecule has 1 atom stereocenters. The summed E-state index contributed by atoms with van der Waals surface area (Å²) >= 11 is 12.2. The summed E-state index contributed by atoms with van der Waals surface area (Å²) in [6.45, 7) is -0.121. The van der Waals surface area contributed by atoms with E-state index in [1.54, 1.807) is 19.1 Å². The number of alkyl halides is 2. The molecule has 0 saturated heterocycles. The number of hydrogen-bond donors (Lipinski definition) is 0. The summed E-state index contributed by atoms with van der Waals surface area (Å²) in [6.07, 6.45) is -0.950. The number of rotatable bonds is 7. The molecule has 0 bridgehead atoms. The van der Waals surface area contributed by atoms with Gasteiger partial charge in [0.15, 0.2) is 6.10 Å². The van der Waals surface area contributed by atoms with Gasteiger partial charge in [-0.2, -0.15) is 8.78 Å². The average molecular weight is 488 g/mol. The van der Waals surface area contributed by atoms with Gasteiger partial charge in [0.2, 0.25) is 5.88 Å². The van der Waals surface area contributed by atoms with Gasteiger partial charge in [-0.05, 0) is 49.2 Å². The number of aryl methyl sites for hydroxylation is 1. The number of halogens is 5. The lowest BCUT2D eigenvalue weighted by Crippen LogP contribution is -2.25. The van der Waals surface area contributed by atoms with Gasteiger partial charge in [-0.1, -0.05) is 29.3 Å². The molecular formula is C22H18Cl2F3NO4. The number of esters is 1. The van der Waals surface area contributed by atoms with Gasteiger partial charge in [0, 0.05) is 27.4 Å². The van der Waals surface area contributed by atoms with Crippen molar-refractivity contribution in [3.05, 3.63) is 62.9 Å². The lowest BCUT2D eigenvalue weighted by molar-refractivity contribution is -0.147. The van der Waals surface area contributed by atoms with Crippen molar-refractivity contribution in [2.24, 2.45) is 0 Å². The van der Waals surface area contributed by atoms with Crippen LogP contribution in [0.4, 0.5) is 13.2 Å². The number of carbonyl (C=O) groups is 1. The van der Waals surface area contributed by atoms with Crippen LogP contribution in [0.15, 0.2) is 30.3 Å². The number of methoxy groups -OCH3 is 1. The Kier molecular flexibility index (Phi) is 7.36. The summed E-state index contributed by atoms with van der Waals surface area (Å²) < 4.78 is 55.8. The maximum absolute atomic E-state index is 14.6. The molecule has 170 valence electrons. The normalized spacial score (nSPS) is 12.2. The summed E-state index contributed by atoms with van der Waals surface area (Å²) in [7, 11) is 1.21. The van der Waals surface area contributed by atoms with E-state index in [-0.39, 0.29) is 28.6 Å². The van der Waals surface area contributed by atoms with Crippen LogP contribution in [-0.4, -0.2) is 30.8 Å². The Hall–Kier alpha value is -2.71. The highest BCUT2D eigenvalue weighted by molar-refractivity contribution is 6.35. The summed E-state index contributed by atoms with van der Waals surface area (Å²) in [4.78, 5) is 15.8. The van der Waals surface area contributed by atoms with Crippen LogP contribution in [0.5, 0.6) is 11.6 Å². The van der Waals surface area contributed by atoms with Gasteiger partial charge in [0.25, 0.3) is 0 Å². The smallest absolute Gasteiger partial charge is 0.388 e. The maximum atomic E-state index is 14.6. The van der Waals surface area contributed by atoms with E-state index in [2.05, 4.69) is 14.5 Å². The van der Waals surface area contributed by atoms with Gasteiger partial charge < -0.3 is 14.2 Å². The van der Waals surface area contributed by atoms with Crippen molar-refractivity contribution in [1.82, 2.24) is 4.98 Å². The molecule has 5 nitrogen and oxygen atoms in total. The van der Waals surface area contributed by atoms with Gasteiger partial charge in [0.1, 0.15) is 17.1 Å². The Bertz CT molecular complexity index is 1170. The molecule has 0 aliphatic carbocycles. The Balaban J connectivity index is 2.22. The highest BCUT2D eigenvalue weighted by Crippen LogP contribution is 2.38. The molecule has 1 aromatic heterocycles. The summed E-state index contributed by atoms with van der Waals surface area (Å²) in [5, 5.41) is 0.934. The lowest BCUT2D eigenvalue weighted by Gasteiger charge is -2.19. The minimum Gasteiger partial charge on any atom is -0.478 e. The fourth-order valence-electron chi connectivity index (χ4n) is 3.25. The van der Waals surface area contributed by atoms with Crippen LogP contribution in [0, 0.1) is 12.7 Å². The largest absolute Gasteiger partial charge is 0.478 e. The molecule has 0 saturated carbocycles. The molecule has 0 N–H and O–H groups in total. The number of pyridine rings is 1. The van der Waals surface area contributed by atoms with Crippen LogP contribution >= 0.6 is 23.2 Å². The number of hydrogen-bond acceptors (Lipinski definition) is 5. The first kappa shape index (κ1) is 23.9. The summed E-state index contributed by atoms with van der Waals surface area (Å²) in [5.41, 5.74) is 0.964. The molecule has 0 fully saturated rings. The summed E-state index contributed by atoms with van der Waals surface area (Å²) in [6, 6.07) is 7.16. The highest BCUT2D eigenvalue weighted by Gasteiger charge is 2.24. The summed E-state index contributed by atoms with van der Waals surface area (Å²) in [5.74, 6) is -1.71. The Morgan fingerprint density at radius 3 is 2.50 bits per heavy atom. The van der Waals surface area contributed by atoms with E-state index in [0.717, 1.165) is 6.07 Å². The van der Waals surface area contributed by atoms with Crippen molar-refractivity contribution < 1.29 is 32.2 Å². The van der Waals surface area contributed by atoms with Crippen molar-refractivity contribution in [2.75, 3.05) is 7.11 Å². The molecule has 0 radical (unpaired) electrons. The minimum absolute atomic E-state index is 0.0509. The molecular weight excluding hydrogens is 470 g/mol. The second kappa shape index (κ2) is 9.83. The Morgan fingerprint density at radius 2 is 1.88 bits per heavy atom. The van der Waals surface area contributed by atoms with Gasteiger partial charge >= 0.3 is 12.6 Å². The molecule has 10 heteroatoms. The van der Waals surface area contributed by atoms with Crippen LogP contribution in [0.25, 0.3) is 10.9 Å². The van der Waals surface area contributed by atoms with Gasteiger partial charge in [-0.25, -0.2) is 14.2 Å². The molecule has 0 amide bonds. The van der Waals surface area contributed by atoms with Crippen LogP contribution < -0.4 is 9.47 Å². The predicted octanol–water partition coefficient (Wildman–Crippen LogP) is 6.12. The SMILES string of the molecule is COC(=O)C(C)Oc1ccc(F)c2nc(OC(F)F)c(Cc3ccc(Cl)cc3Cl)c(C)c12. The molecule has 2 aromatic carbocycles. The Morgan fingerprint density at radius 1 is 1.16 bits per heavy atom. The molecule has 0 aliphatic heterocycles. The van der Waals surface area contributed by atoms with Crippen molar-refractivity contribution in [3.63, 3.8) is 0 Å². The standard InChI is InChI=1S/C22H18Cl2F3NO4/c1-10-14(8-12-4-5-13(23)9-15(12)24)20(32-22(26)27)28-19-16(25)6-7-17(18(10)19)31-11(2)21(29)30-3/h4-7,9,11,22H,8H2,1-3H3. The van der Waals surface area contributed by atoms with Crippen LogP contribution in [0.3, 0.4) is 0 Å². The number of benzene rings is 2. The van der Waals surface area contributed by atoms with E-state index in [0.29, 0.717) is 21.2 Å². The molecule has 1 heterocycles. The molecule has 0 spiro atoms. The van der Waals surface area contributed by atoms with Crippen molar-refractivity contribution in [1.29, 1.82) is 0 Å². The minimum atomic E-state index is -3.18. The van der Waals surface area contributed by atoms with Crippen molar-refractivity contribution in [2.45, 2.75) is 33.0 Å². The van der Waals surface area contributed by atoms with E-state index < -0.39 is 30.4 Å². The van der Waals surface area contributed by atoms with Crippen LogP contribution in [0.1, 0.15) is 23.6 Å². The van der Waals surface area contributed by atoms with Crippen molar-refractivity contribution in [3.8, 4) is 11.6 Å². The Labute approximate surface area is 192 Å². The van der Waals surface area contributed by atoms with E-state index in [1.165, 1.54) is 26.2 Å². The molecule has 1 unspecified atom stereocenters. The first-order valence-electron chi connectivity index (χ1n) is 9.37. The highest BCUT2D eigenvalue weighted by atomic mass is 35.5. The second-order valence-corrected chi connectivity index (χ2v) is 7.71. The molecule has 3 aromatic rings. The predicted molar refractivity (Wildman–Crippen MR) is 114 cm³/mol. The lowest BCUT2D eigenvalue weighted by atomic mass is 9.97. The van der Waals surface area contributed by atoms with E-state index >= 15 is 0 Å². The second-order valence-electron chi connectivity index (χ2n) is 6.86. The van der Waals surface area contributed by atoms with Gasteiger partial charge in [-0.15, -0.1) is 0 Å². The first-order valence-corrected chi connectivity index (χ1v) is 10.1. The quantitative estimate of drug-likeness (QED) is 0.375. The number of carbonyl (C=O) groups excluding carboxylic acids is 1. The monoisotopic (exact) mass is 487 g/mol. The number of aromatic nitrogens is 1. The molecule has 3 rings (SSSR count). The number of nitrogens with zero attached hydrogens (tertiary/aromatic N) is 1. The third-order valence-electron chi connectivity index (χ3n) is 4.81.